The number of nitrogens with one attached hydrogen (secondary N) is 1. The molecule has 0 aliphatic carbocycles. The summed E-state index contributed by atoms with van der Waals surface area (Å²) in [4.78, 5) is 38.5. The zero-order valence-corrected chi connectivity index (χ0v) is 15.6. The normalized spacial score (nSPS) is 16.1. The molecule has 8 heteroatoms. The van der Waals surface area contributed by atoms with Crippen LogP contribution in [0.3, 0.4) is 0 Å². The van der Waals surface area contributed by atoms with E-state index < -0.39 is 11.2 Å². The number of hydrogen-bond donors (Lipinski definition) is 1. The number of carbonyl (C=O) groups is 3. The van der Waals surface area contributed by atoms with E-state index in [9.17, 15) is 14.4 Å². The topological polar surface area (TPSA) is 72.5 Å². The van der Waals surface area contributed by atoms with Gasteiger partial charge in [0, 0.05) is 14.8 Å². The average Bonchev–Trinajstić information content (AvgIpc) is 3.00. The quantitative estimate of drug-likeness (QED) is 0.613. The maximum Gasteiger partial charge on any atom is 0.307 e. The molecular formula is C17H14ClNO4S2. The van der Waals surface area contributed by atoms with Gasteiger partial charge in [-0.3, -0.25) is 14.4 Å². The molecule has 1 aromatic carbocycles. The van der Waals surface area contributed by atoms with Gasteiger partial charge in [0.05, 0.1) is 22.2 Å². The highest BCUT2D eigenvalue weighted by Crippen LogP contribution is 2.38. The zero-order chi connectivity index (χ0) is 18.0. The minimum atomic E-state index is -0.597. The fourth-order valence-electron chi connectivity index (χ4n) is 2.27. The van der Waals surface area contributed by atoms with Crippen molar-refractivity contribution in [2.24, 2.45) is 0 Å². The van der Waals surface area contributed by atoms with Crippen molar-refractivity contribution in [2.75, 3.05) is 11.9 Å². The van der Waals surface area contributed by atoms with Gasteiger partial charge < -0.3 is 10.1 Å². The molecular weight excluding hydrogens is 382 g/mol. The van der Waals surface area contributed by atoms with E-state index in [0.717, 1.165) is 9.77 Å². The Balaban J connectivity index is 1.55. The van der Waals surface area contributed by atoms with Gasteiger partial charge in [-0.2, -0.15) is 0 Å². The fourth-order valence-corrected chi connectivity index (χ4v) is 4.31. The standard InChI is InChI=1S/C17H14ClNO4S2/c1-9-2-4-14(24-9)12(20)8-23-16(21)7-15-17(22)19-11-6-10(18)3-5-13(11)25-15/h2-6,15H,7-8H2,1H3,(H,19,22). The Morgan fingerprint density at radius 1 is 1.28 bits per heavy atom. The van der Waals surface area contributed by atoms with Gasteiger partial charge in [0.1, 0.15) is 0 Å². The molecule has 0 saturated heterocycles. The molecule has 1 aromatic heterocycles. The van der Waals surface area contributed by atoms with Crippen LogP contribution in [0.25, 0.3) is 0 Å². The van der Waals surface area contributed by atoms with Crippen LogP contribution in [-0.2, 0) is 14.3 Å². The molecule has 0 fully saturated rings. The molecule has 1 aliphatic heterocycles. The molecule has 1 N–H and O–H groups in total. The number of Topliss-reactive ketones (excluding diaryl/α,β-unsaturated/α-hetero) is 1. The lowest BCUT2D eigenvalue weighted by Gasteiger charge is -2.23. The van der Waals surface area contributed by atoms with Gasteiger partial charge in [-0.1, -0.05) is 11.6 Å². The highest BCUT2D eigenvalue weighted by Gasteiger charge is 2.30. The summed E-state index contributed by atoms with van der Waals surface area (Å²) in [6.45, 7) is 1.58. The third-order valence-corrected chi connectivity index (χ3v) is 6.04. The van der Waals surface area contributed by atoms with Gasteiger partial charge in [0.25, 0.3) is 0 Å². The van der Waals surface area contributed by atoms with Crippen molar-refractivity contribution in [3.63, 3.8) is 0 Å². The Labute approximate surface area is 157 Å². The molecule has 3 rings (SSSR count). The lowest BCUT2D eigenvalue weighted by molar-refractivity contribution is -0.143. The van der Waals surface area contributed by atoms with E-state index in [2.05, 4.69) is 5.32 Å². The number of thioether (sulfide) groups is 1. The van der Waals surface area contributed by atoms with Gasteiger partial charge in [-0.15, -0.1) is 23.1 Å². The number of carbonyl (C=O) groups excluding carboxylic acids is 3. The minimum absolute atomic E-state index is 0.102. The lowest BCUT2D eigenvalue weighted by Crippen LogP contribution is -2.31. The van der Waals surface area contributed by atoms with Gasteiger partial charge in [-0.05, 0) is 37.3 Å². The molecule has 1 amide bonds. The largest absolute Gasteiger partial charge is 0.457 e. The summed E-state index contributed by atoms with van der Waals surface area (Å²) in [6, 6.07) is 8.73. The number of ether oxygens (including phenoxy) is 1. The summed E-state index contributed by atoms with van der Waals surface area (Å²) in [6.07, 6.45) is -0.102. The zero-order valence-electron chi connectivity index (χ0n) is 13.2. The summed E-state index contributed by atoms with van der Waals surface area (Å²) >= 11 is 8.54. The van der Waals surface area contributed by atoms with Gasteiger partial charge in [0.15, 0.2) is 6.61 Å². The SMILES string of the molecule is Cc1ccc(C(=O)COC(=O)CC2Sc3ccc(Cl)cc3NC2=O)s1. The van der Waals surface area contributed by atoms with E-state index in [0.29, 0.717) is 15.6 Å². The predicted octanol–water partition coefficient (Wildman–Crippen LogP) is 3.94. The maximum atomic E-state index is 12.1. The van der Waals surface area contributed by atoms with Crippen LogP contribution in [0, 0.1) is 6.92 Å². The first-order chi connectivity index (χ1) is 11.9. The molecule has 1 atom stereocenters. The number of fused-ring (bicyclic) bond motifs is 1. The van der Waals surface area contributed by atoms with Crippen LogP contribution in [0.15, 0.2) is 35.2 Å². The third-order valence-electron chi connectivity index (χ3n) is 3.49. The smallest absolute Gasteiger partial charge is 0.307 e. The number of esters is 1. The van der Waals surface area contributed by atoms with Gasteiger partial charge in [-0.25, -0.2) is 0 Å². The first kappa shape index (κ1) is 18.0. The minimum Gasteiger partial charge on any atom is -0.457 e. The molecule has 0 bridgehead atoms. The Hall–Kier alpha value is -1.83. The molecule has 2 heterocycles. The number of hydrogen-bond acceptors (Lipinski definition) is 6. The number of aryl methyl sites for hydroxylation is 1. The third kappa shape index (κ3) is 4.42. The molecule has 1 unspecified atom stereocenters. The lowest BCUT2D eigenvalue weighted by atomic mass is 10.2. The van der Waals surface area contributed by atoms with Crippen molar-refractivity contribution in [1.29, 1.82) is 0 Å². The first-order valence-electron chi connectivity index (χ1n) is 7.44. The Bertz CT molecular complexity index is 849. The Morgan fingerprint density at radius 2 is 2.08 bits per heavy atom. The highest BCUT2D eigenvalue weighted by atomic mass is 35.5. The fraction of sp³-hybridized carbons (Fsp3) is 0.235. The van der Waals surface area contributed by atoms with E-state index in [1.807, 2.05) is 13.0 Å². The number of ketones is 1. The molecule has 25 heavy (non-hydrogen) atoms. The number of rotatable bonds is 5. The van der Waals surface area contributed by atoms with E-state index in [-0.39, 0.29) is 24.7 Å². The second kappa shape index (κ2) is 7.59. The van der Waals surface area contributed by atoms with Crippen molar-refractivity contribution in [3.05, 3.63) is 45.1 Å². The van der Waals surface area contributed by atoms with Crippen molar-refractivity contribution >= 4 is 58.0 Å². The monoisotopic (exact) mass is 395 g/mol. The van der Waals surface area contributed by atoms with Crippen LogP contribution in [0.4, 0.5) is 5.69 Å². The second-order valence-electron chi connectivity index (χ2n) is 5.43. The summed E-state index contributed by atoms with van der Waals surface area (Å²) < 4.78 is 5.03. The van der Waals surface area contributed by atoms with Crippen molar-refractivity contribution in [1.82, 2.24) is 0 Å². The van der Waals surface area contributed by atoms with Crippen molar-refractivity contribution < 1.29 is 19.1 Å². The summed E-state index contributed by atoms with van der Waals surface area (Å²) in [5, 5.41) is 2.66. The molecule has 0 spiro atoms. The number of anilines is 1. The van der Waals surface area contributed by atoms with Crippen LogP contribution in [-0.4, -0.2) is 29.5 Å². The summed E-state index contributed by atoms with van der Waals surface area (Å²) in [7, 11) is 0. The van der Waals surface area contributed by atoms with E-state index in [1.54, 1.807) is 24.3 Å². The van der Waals surface area contributed by atoms with Crippen molar-refractivity contribution in [3.8, 4) is 0 Å². The number of amides is 1. The Morgan fingerprint density at radius 3 is 2.80 bits per heavy atom. The van der Waals surface area contributed by atoms with Gasteiger partial charge in [0.2, 0.25) is 11.7 Å². The molecule has 1 aliphatic rings. The maximum absolute atomic E-state index is 12.1. The van der Waals surface area contributed by atoms with E-state index >= 15 is 0 Å². The number of halogens is 1. The average molecular weight is 396 g/mol. The molecule has 130 valence electrons. The Kier molecular flexibility index (Phi) is 5.46. The van der Waals surface area contributed by atoms with E-state index in [4.69, 9.17) is 16.3 Å². The van der Waals surface area contributed by atoms with Crippen molar-refractivity contribution in [2.45, 2.75) is 23.5 Å². The van der Waals surface area contributed by atoms with Crippen LogP contribution < -0.4 is 5.32 Å². The molecule has 2 aromatic rings. The van der Waals surface area contributed by atoms with Crippen LogP contribution >= 0.6 is 34.7 Å². The summed E-state index contributed by atoms with van der Waals surface area (Å²) in [5.74, 6) is -1.10. The number of thiophene rings is 1. The van der Waals surface area contributed by atoms with E-state index in [1.165, 1.54) is 23.1 Å². The summed E-state index contributed by atoms with van der Waals surface area (Å²) in [5.41, 5.74) is 0.635. The number of benzene rings is 1. The second-order valence-corrected chi connectivity index (χ2v) is 8.40. The highest BCUT2D eigenvalue weighted by molar-refractivity contribution is 8.01. The van der Waals surface area contributed by atoms with Crippen LogP contribution in [0.2, 0.25) is 5.02 Å². The van der Waals surface area contributed by atoms with Crippen LogP contribution in [0.5, 0.6) is 0 Å². The molecule has 0 radical (unpaired) electrons. The predicted molar refractivity (Wildman–Crippen MR) is 98.7 cm³/mol. The van der Waals surface area contributed by atoms with Crippen LogP contribution in [0.1, 0.15) is 21.0 Å². The first-order valence-corrected chi connectivity index (χ1v) is 9.52. The molecule has 5 nitrogen and oxygen atoms in total. The molecule has 0 saturated carbocycles. The van der Waals surface area contributed by atoms with Gasteiger partial charge >= 0.3 is 5.97 Å².